The summed E-state index contributed by atoms with van der Waals surface area (Å²) in [7, 11) is 0. The van der Waals surface area contributed by atoms with Crippen molar-refractivity contribution in [2.75, 3.05) is 5.32 Å². The second-order valence-corrected chi connectivity index (χ2v) is 7.12. The second kappa shape index (κ2) is 8.65. The van der Waals surface area contributed by atoms with Crippen LogP contribution in [0.25, 0.3) is 0 Å². The van der Waals surface area contributed by atoms with Crippen LogP contribution in [0.2, 0.25) is 0 Å². The summed E-state index contributed by atoms with van der Waals surface area (Å²) in [4.78, 5) is 13.3. The van der Waals surface area contributed by atoms with Crippen LogP contribution in [0.4, 0.5) is 5.00 Å². The third-order valence-corrected chi connectivity index (χ3v) is 5.15. The lowest BCUT2D eigenvalue weighted by atomic mass is 10.2. The van der Waals surface area contributed by atoms with Crippen LogP contribution in [0.15, 0.2) is 49.1 Å². The lowest BCUT2D eigenvalue weighted by molar-refractivity contribution is -0.687. The summed E-state index contributed by atoms with van der Waals surface area (Å²) in [5, 5.41) is 12.7. The molecule has 134 valence electrons. The van der Waals surface area contributed by atoms with E-state index in [0.717, 1.165) is 17.0 Å². The summed E-state index contributed by atoms with van der Waals surface area (Å²) >= 11 is 1.44. The first-order valence-corrected chi connectivity index (χ1v) is 8.77. The number of benzene rings is 1. The highest BCUT2D eigenvalue weighted by Gasteiger charge is 2.16. The lowest BCUT2D eigenvalue weighted by Gasteiger charge is -2.01. The van der Waals surface area contributed by atoms with Crippen molar-refractivity contribution >= 4 is 22.2 Å². The quantitative estimate of drug-likeness (QED) is 0.628. The van der Waals surface area contributed by atoms with Gasteiger partial charge in [0.05, 0.1) is 5.56 Å². The zero-order valence-corrected chi connectivity index (χ0v) is 16.1. The van der Waals surface area contributed by atoms with E-state index in [2.05, 4.69) is 23.5 Å². The normalized spacial score (nSPS) is 10.0. The van der Waals surface area contributed by atoms with E-state index in [1.165, 1.54) is 16.9 Å². The summed E-state index contributed by atoms with van der Waals surface area (Å²) < 4.78 is 3.86. The number of carbonyl (C=O) groups is 1. The van der Waals surface area contributed by atoms with E-state index >= 15 is 0 Å². The maximum Gasteiger partial charge on any atom is 0.267 e. The number of anilines is 1. The van der Waals surface area contributed by atoms with Gasteiger partial charge in [-0.25, -0.2) is 9.13 Å². The molecule has 26 heavy (non-hydrogen) atoms. The molecule has 5 nitrogen and oxygen atoms in total. The lowest BCUT2D eigenvalue weighted by Crippen LogP contribution is -3.00. The van der Waals surface area contributed by atoms with Gasteiger partial charge in [-0.1, -0.05) is 30.3 Å². The van der Waals surface area contributed by atoms with Gasteiger partial charge < -0.3 is 17.7 Å². The molecule has 0 bridgehead atoms. The number of aromatic nitrogens is 2. The van der Waals surface area contributed by atoms with Gasteiger partial charge in [0.2, 0.25) is 6.33 Å². The first kappa shape index (κ1) is 19.7. The monoisotopic (exact) mass is 386 g/mol. The van der Waals surface area contributed by atoms with Crippen LogP contribution in [0.1, 0.15) is 21.6 Å². The molecule has 7 heteroatoms. The van der Waals surface area contributed by atoms with Crippen LogP contribution in [0.3, 0.4) is 0 Å². The maximum atomic E-state index is 12.3. The van der Waals surface area contributed by atoms with Crippen molar-refractivity contribution in [3.63, 3.8) is 0 Å². The van der Waals surface area contributed by atoms with E-state index < -0.39 is 0 Å². The number of nitrogens with one attached hydrogen (secondary N) is 1. The van der Waals surface area contributed by atoms with Crippen LogP contribution in [0, 0.1) is 25.2 Å². The molecule has 0 saturated carbocycles. The Morgan fingerprint density at radius 2 is 2.04 bits per heavy atom. The van der Waals surface area contributed by atoms with Gasteiger partial charge in [0.15, 0.2) is 6.54 Å². The van der Waals surface area contributed by atoms with Crippen LogP contribution >= 0.6 is 11.3 Å². The molecule has 0 radical (unpaired) electrons. The van der Waals surface area contributed by atoms with Crippen molar-refractivity contribution < 1.29 is 21.8 Å². The summed E-state index contributed by atoms with van der Waals surface area (Å²) in [5.41, 5.74) is 2.70. The van der Waals surface area contributed by atoms with Crippen molar-refractivity contribution in [2.24, 2.45) is 0 Å². The van der Waals surface area contributed by atoms with Crippen molar-refractivity contribution in [3.05, 3.63) is 70.6 Å². The fourth-order valence-corrected chi connectivity index (χ4v) is 3.63. The number of nitriles is 1. The van der Waals surface area contributed by atoms with Crippen molar-refractivity contribution in [3.8, 4) is 6.07 Å². The molecule has 0 spiro atoms. The molecule has 3 rings (SSSR count). The van der Waals surface area contributed by atoms with Gasteiger partial charge in [-0.05, 0) is 25.0 Å². The van der Waals surface area contributed by atoms with E-state index in [9.17, 15) is 10.1 Å². The largest absolute Gasteiger partial charge is 1.00 e. The number of aryl methyl sites for hydroxylation is 1. The van der Waals surface area contributed by atoms with Crippen LogP contribution in [-0.4, -0.2) is 10.5 Å². The molecule has 2 aromatic heterocycles. The van der Waals surface area contributed by atoms with Crippen LogP contribution in [0.5, 0.6) is 0 Å². The van der Waals surface area contributed by atoms with Gasteiger partial charge in [0.1, 0.15) is 30.0 Å². The smallest absolute Gasteiger partial charge is 0.267 e. The number of thiophene rings is 1. The van der Waals surface area contributed by atoms with Crippen molar-refractivity contribution in [1.29, 1.82) is 5.26 Å². The highest BCUT2D eigenvalue weighted by atomic mass is 35.5. The Hall–Kier alpha value is -2.62. The van der Waals surface area contributed by atoms with Gasteiger partial charge >= 0.3 is 0 Å². The predicted molar refractivity (Wildman–Crippen MR) is 97.3 cm³/mol. The molecule has 1 aromatic carbocycles. The number of rotatable bonds is 5. The SMILES string of the molecule is Cc1sc(NC(=O)Cn2cc[n+](Cc3ccccc3)c2)c(C#N)c1C.[Cl-]. The molecule has 0 aliphatic heterocycles. The first-order chi connectivity index (χ1) is 12.1. The Morgan fingerprint density at radius 1 is 1.31 bits per heavy atom. The number of imidazole rings is 1. The molecule has 3 aromatic rings. The maximum absolute atomic E-state index is 12.3. The summed E-state index contributed by atoms with van der Waals surface area (Å²) in [6, 6.07) is 12.3. The summed E-state index contributed by atoms with van der Waals surface area (Å²) in [6.07, 6.45) is 5.72. The topological polar surface area (TPSA) is 61.7 Å². The van der Waals surface area contributed by atoms with Gasteiger partial charge in [0.25, 0.3) is 5.91 Å². The van der Waals surface area contributed by atoms with E-state index in [1.54, 1.807) is 0 Å². The van der Waals surface area contributed by atoms with Gasteiger partial charge in [-0.2, -0.15) is 5.26 Å². The minimum absolute atomic E-state index is 0. The number of amides is 1. The van der Waals surface area contributed by atoms with E-state index in [1.807, 2.05) is 59.9 Å². The first-order valence-electron chi connectivity index (χ1n) is 7.95. The number of nitrogens with zero attached hydrogens (tertiary/aromatic N) is 3. The van der Waals surface area contributed by atoms with Gasteiger partial charge in [-0.3, -0.25) is 4.79 Å². The molecule has 0 aliphatic rings. The molecule has 0 aliphatic carbocycles. The minimum atomic E-state index is -0.139. The third kappa shape index (κ3) is 4.51. The molecule has 0 unspecified atom stereocenters. The molecular weight excluding hydrogens is 368 g/mol. The average Bonchev–Trinajstić information content (AvgIpc) is 3.13. The molecule has 1 amide bonds. The molecular formula is C19H19ClN4OS. The fraction of sp³-hybridized carbons (Fsp3) is 0.211. The number of halogens is 1. The molecule has 2 heterocycles. The highest BCUT2D eigenvalue weighted by molar-refractivity contribution is 7.16. The molecule has 0 atom stereocenters. The Morgan fingerprint density at radius 3 is 2.73 bits per heavy atom. The number of hydrogen-bond acceptors (Lipinski definition) is 3. The van der Waals surface area contributed by atoms with Gasteiger partial charge in [0, 0.05) is 4.88 Å². The average molecular weight is 387 g/mol. The number of hydrogen-bond donors (Lipinski definition) is 1. The molecule has 0 saturated heterocycles. The standard InChI is InChI=1S/C19H18N4OS.ClH/c1-14-15(2)25-19(17(14)10-20)21-18(24)12-23-9-8-22(13-23)11-16-6-4-3-5-7-16;/h3-9,13H,11-12H2,1-2H3;1H. The zero-order chi connectivity index (χ0) is 17.8. The minimum Gasteiger partial charge on any atom is -1.00 e. The Balaban J connectivity index is 0.00000243. The fourth-order valence-electron chi connectivity index (χ4n) is 2.60. The van der Waals surface area contributed by atoms with Crippen LogP contribution < -0.4 is 22.3 Å². The van der Waals surface area contributed by atoms with E-state index in [4.69, 9.17) is 0 Å². The van der Waals surface area contributed by atoms with E-state index in [0.29, 0.717) is 10.6 Å². The summed E-state index contributed by atoms with van der Waals surface area (Å²) in [6.45, 7) is 4.83. The van der Waals surface area contributed by atoms with Crippen LogP contribution in [-0.2, 0) is 17.9 Å². The Kier molecular flexibility index (Phi) is 6.56. The molecule has 1 N–H and O–H groups in total. The van der Waals surface area contributed by atoms with Crippen molar-refractivity contribution in [2.45, 2.75) is 26.9 Å². The van der Waals surface area contributed by atoms with E-state index in [-0.39, 0.29) is 24.9 Å². The third-order valence-electron chi connectivity index (χ3n) is 4.03. The highest BCUT2D eigenvalue weighted by Crippen LogP contribution is 2.31. The summed E-state index contributed by atoms with van der Waals surface area (Å²) in [5.74, 6) is -0.139. The zero-order valence-electron chi connectivity index (χ0n) is 14.6. The second-order valence-electron chi connectivity index (χ2n) is 5.89. The number of carbonyl (C=O) groups excluding carboxylic acids is 1. The Bertz CT molecular complexity index is 940. The van der Waals surface area contributed by atoms with Crippen molar-refractivity contribution in [1.82, 2.24) is 4.57 Å². The van der Waals surface area contributed by atoms with Gasteiger partial charge in [-0.15, -0.1) is 11.3 Å². The molecule has 0 fully saturated rings. The Labute approximate surface area is 162 Å². The predicted octanol–water partition coefficient (Wildman–Crippen LogP) is 0.0166.